The first-order valence-corrected chi connectivity index (χ1v) is 11.6. The lowest BCUT2D eigenvalue weighted by Crippen LogP contribution is -2.52. The Morgan fingerprint density at radius 1 is 1.07 bits per heavy atom. The zero-order valence-corrected chi connectivity index (χ0v) is 17.0. The van der Waals surface area contributed by atoms with E-state index in [9.17, 15) is 17.6 Å². The van der Waals surface area contributed by atoms with E-state index in [-0.39, 0.29) is 23.9 Å². The van der Waals surface area contributed by atoms with Crippen LogP contribution < -0.4 is 0 Å². The number of nitrogens with zero attached hydrogens (tertiary/aromatic N) is 3. The second-order valence-electron chi connectivity index (χ2n) is 7.04. The van der Waals surface area contributed by atoms with E-state index in [0.29, 0.717) is 19.6 Å². The third kappa shape index (κ3) is 3.84. The molecular formula is C19H22FN3O3S2. The van der Waals surface area contributed by atoms with Crippen molar-refractivity contribution in [2.45, 2.75) is 17.9 Å². The van der Waals surface area contributed by atoms with Crippen LogP contribution in [-0.2, 0) is 27.8 Å². The average molecular weight is 424 g/mol. The summed E-state index contributed by atoms with van der Waals surface area (Å²) in [7, 11) is -3.88. The van der Waals surface area contributed by atoms with Crippen molar-refractivity contribution >= 4 is 27.3 Å². The van der Waals surface area contributed by atoms with Crippen molar-refractivity contribution in [2.75, 3.05) is 39.3 Å². The number of carbonyl (C=O) groups is 1. The maximum absolute atomic E-state index is 13.9. The standard InChI is InChI=1S/C19H22FN3O3S2/c20-16-3-1-2-4-18(16)28(25,26)23-10-8-22(9-11-23)19(24)14-21-7-5-17-15(13-21)6-12-27-17/h1-4,6,12H,5,7-11,13-14H2. The van der Waals surface area contributed by atoms with E-state index in [1.165, 1.54) is 32.9 Å². The number of rotatable bonds is 4. The smallest absolute Gasteiger partial charge is 0.246 e. The minimum atomic E-state index is -3.88. The van der Waals surface area contributed by atoms with Crippen LogP contribution in [0, 0.1) is 5.82 Å². The topological polar surface area (TPSA) is 60.9 Å². The predicted octanol–water partition coefficient (Wildman–Crippen LogP) is 1.78. The molecule has 0 saturated carbocycles. The first-order chi connectivity index (χ1) is 13.4. The normalized spacial score (nSPS) is 18.8. The van der Waals surface area contributed by atoms with Crippen LogP contribution in [0.5, 0.6) is 0 Å². The summed E-state index contributed by atoms with van der Waals surface area (Å²) in [6.07, 6.45) is 0.967. The van der Waals surface area contributed by atoms with Gasteiger partial charge in [0.15, 0.2) is 0 Å². The molecule has 0 unspecified atom stereocenters. The molecule has 9 heteroatoms. The molecule has 6 nitrogen and oxygen atoms in total. The Hall–Kier alpha value is -1.81. The molecule has 0 aliphatic carbocycles. The van der Waals surface area contributed by atoms with E-state index >= 15 is 0 Å². The minimum absolute atomic E-state index is 0.0154. The number of fused-ring (bicyclic) bond motifs is 1. The molecule has 0 atom stereocenters. The van der Waals surface area contributed by atoms with Gasteiger partial charge in [-0.1, -0.05) is 12.1 Å². The van der Waals surface area contributed by atoms with Gasteiger partial charge >= 0.3 is 0 Å². The maximum Gasteiger partial charge on any atom is 0.246 e. The molecule has 1 amide bonds. The van der Waals surface area contributed by atoms with Crippen LogP contribution in [-0.4, -0.2) is 67.7 Å². The summed E-state index contributed by atoms with van der Waals surface area (Å²) in [6, 6.07) is 7.50. The molecule has 0 N–H and O–H groups in total. The van der Waals surface area contributed by atoms with Crippen molar-refractivity contribution in [3.05, 3.63) is 52.0 Å². The van der Waals surface area contributed by atoms with Crippen LogP contribution in [0.4, 0.5) is 4.39 Å². The number of amides is 1. The van der Waals surface area contributed by atoms with Gasteiger partial charge in [0.1, 0.15) is 10.7 Å². The average Bonchev–Trinajstić information content (AvgIpc) is 3.16. The van der Waals surface area contributed by atoms with Crippen molar-refractivity contribution in [1.82, 2.24) is 14.1 Å². The predicted molar refractivity (Wildman–Crippen MR) is 105 cm³/mol. The summed E-state index contributed by atoms with van der Waals surface area (Å²) in [4.78, 5) is 17.6. The number of benzene rings is 1. The van der Waals surface area contributed by atoms with E-state index < -0.39 is 15.8 Å². The van der Waals surface area contributed by atoms with Crippen LogP contribution in [0.25, 0.3) is 0 Å². The van der Waals surface area contributed by atoms with Gasteiger partial charge in [-0.2, -0.15) is 4.31 Å². The first-order valence-electron chi connectivity index (χ1n) is 9.25. The molecule has 1 aromatic carbocycles. The summed E-state index contributed by atoms with van der Waals surface area (Å²) in [5, 5.41) is 2.09. The molecular weight excluding hydrogens is 401 g/mol. The highest BCUT2D eigenvalue weighted by atomic mass is 32.2. The van der Waals surface area contributed by atoms with Crippen molar-refractivity contribution in [2.24, 2.45) is 0 Å². The highest BCUT2D eigenvalue weighted by Crippen LogP contribution is 2.24. The molecule has 3 heterocycles. The van der Waals surface area contributed by atoms with Gasteiger partial charge in [0.25, 0.3) is 0 Å². The molecule has 0 radical (unpaired) electrons. The van der Waals surface area contributed by atoms with Crippen LogP contribution in [0.3, 0.4) is 0 Å². The van der Waals surface area contributed by atoms with E-state index in [2.05, 4.69) is 16.3 Å². The van der Waals surface area contributed by atoms with Crippen LogP contribution in [0.15, 0.2) is 40.6 Å². The number of thiophene rings is 1. The monoisotopic (exact) mass is 423 g/mol. The van der Waals surface area contributed by atoms with Crippen LogP contribution in [0.2, 0.25) is 0 Å². The van der Waals surface area contributed by atoms with Gasteiger partial charge in [0.05, 0.1) is 6.54 Å². The van der Waals surface area contributed by atoms with E-state index in [4.69, 9.17) is 0 Å². The molecule has 2 aliphatic heterocycles. The summed E-state index contributed by atoms with van der Waals surface area (Å²) in [6.45, 7) is 2.99. The van der Waals surface area contributed by atoms with Crippen molar-refractivity contribution < 1.29 is 17.6 Å². The third-order valence-electron chi connectivity index (χ3n) is 5.29. The quantitative estimate of drug-likeness (QED) is 0.752. The lowest BCUT2D eigenvalue weighted by Gasteiger charge is -2.35. The fourth-order valence-corrected chi connectivity index (χ4v) is 6.08. The van der Waals surface area contributed by atoms with Gasteiger partial charge in [0, 0.05) is 44.1 Å². The summed E-state index contributed by atoms with van der Waals surface area (Å²) in [5.74, 6) is -0.736. The van der Waals surface area contributed by atoms with Gasteiger partial charge in [-0.25, -0.2) is 12.8 Å². The van der Waals surface area contributed by atoms with Gasteiger partial charge in [-0.3, -0.25) is 9.69 Å². The molecule has 0 spiro atoms. The summed E-state index contributed by atoms with van der Waals surface area (Å²) >= 11 is 1.76. The zero-order valence-electron chi connectivity index (χ0n) is 15.4. The van der Waals surface area contributed by atoms with Crippen LogP contribution >= 0.6 is 11.3 Å². The lowest BCUT2D eigenvalue weighted by atomic mass is 10.1. The van der Waals surface area contributed by atoms with E-state index in [0.717, 1.165) is 25.6 Å². The Morgan fingerprint density at radius 2 is 1.82 bits per heavy atom. The van der Waals surface area contributed by atoms with Gasteiger partial charge in [-0.05, 0) is 35.6 Å². The molecule has 2 aliphatic rings. The number of halogens is 1. The molecule has 1 saturated heterocycles. The molecule has 2 aromatic rings. The van der Waals surface area contributed by atoms with Crippen molar-refractivity contribution in [1.29, 1.82) is 0 Å². The SMILES string of the molecule is O=C(CN1CCc2sccc2C1)N1CCN(S(=O)(=O)c2ccccc2F)CC1. The first kappa shape index (κ1) is 19.5. The number of carbonyl (C=O) groups excluding carboxylic acids is 1. The Kier molecular flexibility index (Phi) is 5.50. The number of hydrogen-bond acceptors (Lipinski definition) is 5. The number of piperazine rings is 1. The van der Waals surface area contributed by atoms with E-state index in [1.54, 1.807) is 16.2 Å². The minimum Gasteiger partial charge on any atom is -0.339 e. The summed E-state index contributed by atoms with van der Waals surface area (Å²) < 4.78 is 40.5. The number of sulfonamides is 1. The second kappa shape index (κ2) is 7.90. The van der Waals surface area contributed by atoms with Gasteiger partial charge < -0.3 is 4.90 Å². The Morgan fingerprint density at radius 3 is 2.57 bits per heavy atom. The van der Waals surface area contributed by atoms with Gasteiger partial charge in [0.2, 0.25) is 15.9 Å². The van der Waals surface area contributed by atoms with Gasteiger partial charge in [-0.15, -0.1) is 11.3 Å². The molecule has 1 aromatic heterocycles. The fourth-order valence-electron chi connectivity index (χ4n) is 3.70. The third-order valence-corrected chi connectivity index (χ3v) is 8.25. The Labute approximate surface area is 168 Å². The number of hydrogen-bond donors (Lipinski definition) is 0. The van der Waals surface area contributed by atoms with Crippen molar-refractivity contribution in [3.8, 4) is 0 Å². The van der Waals surface area contributed by atoms with Crippen LogP contribution in [0.1, 0.15) is 10.4 Å². The Bertz CT molecular complexity index is 968. The highest BCUT2D eigenvalue weighted by Gasteiger charge is 2.32. The highest BCUT2D eigenvalue weighted by molar-refractivity contribution is 7.89. The van der Waals surface area contributed by atoms with Crippen molar-refractivity contribution in [3.63, 3.8) is 0 Å². The second-order valence-corrected chi connectivity index (χ2v) is 9.95. The molecule has 4 rings (SSSR count). The summed E-state index contributed by atoms with van der Waals surface area (Å²) in [5.41, 5.74) is 1.30. The molecule has 0 bridgehead atoms. The zero-order chi connectivity index (χ0) is 19.7. The lowest BCUT2D eigenvalue weighted by molar-refractivity contribution is -0.133. The van der Waals surface area contributed by atoms with E-state index in [1.807, 2.05) is 0 Å². The molecule has 28 heavy (non-hydrogen) atoms. The maximum atomic E-state index is 13.9. The largest absolute Gasteiger partial charge is 0.339 e. The molecule has 150 valence electrons. The molecule has 1 fully saturated rings. The Balaban J connectivity index is 1.34. The fraction of sp³-hybridized carbons (Fsp3) is 0.421.